The van der Waals surface area contributed by atoms with E-state index in [1.54, 1.807) is 0 Å². The standard InChI is InChI=1S/C12H13F2NO3/c1-15(11(16)5-6-12(17)18-2)10-7-8(13)3-4-9(10)14/h3-4,7H,5-6H2,1-2H3. The number of anilines is 1. The Balaban J connectivity index is 2.74. The lowest BCUT2D eigenvalue weighted by Gasteiger charge is -2.17. The lowest BCUT2D eigenvalue weighted by Crippen LogP contribution is -2.27. The number of rotatable bonds is 4. The minimum Gasteiger partial charge on any atom is -0.469 e. The average Bonchev–Trinajstić information content (AvgIpc) is 2.37. The van der Waals surface area contributed by atoms with Crippen molar-refractivity contribution in [3.8, 4) is 0 Å². The van der Waals surface area contributed by atoms with Gasteiger partial charge in [0.1, 0.15) is 11.6 Å². The van der Waals surface area contributed by atoms with Gasteiger partial charge < -0.3 is 9.64 Å². The van der Waals surface area contributed by atoms with Gasteiger partial charge in [-0.3, -0.25) is 9.59 Å². The van der Waals surface area contributed by atoms with Gasteiger partial charge in [-0.2, -0.15) is 0 Å². The fraction of sp³-hybridized carbons (Fsp3) is 0.333. The van der Waals surface area contributed by atoms with Gasteiger partial charge in [-0.1, -0.05) is 0 Å². The van der Waals surface area contributed by atoms with E-state index in [4.69, 9.17) is 0 Å². The Bertz CT molecular complexity index is 463. The first kappa shape index (κ1) is 14.1. The fourth-order valence-corrected chi connectivity index (χ4v) is 1.36. The van der Waals surface area contributed by atoms with Crippen LogP contribution >= 0.6 is 0 Å². The van der Waals surface area contributed by atoms with Crippen LogP contribution in [0.2, 0.25) is 0 Å². The minimum absolute atomic E-state index is 0.101. The van der Waals surface area contributed by atoms with Gasteiger partial charge in [0.2, 0.25) is 5.91 Å². The number of hydrogen-bond acceptors (Lipinski definition) is 3. The second-order valence-electron chi connectivity index (χ2n) is 3.62. The number of halogens is 2. The van der Waals surface area contributed by atoms with E-state index in [0.29, 0.717) is 0 Å². The molecule has 0 saturated heterocycles. The van der Waals surface area contributed by atoms with Crippen LogP contribution in [0.5, 0.6) is 0 Å². The van der Waals surface area contributed by atoms with Crippen molar-refractivity contribution in [2.24, 2.45) is 0 Å². The van der Waals surface area contributed by atoms with Gasteiger partial charge in [0, 0.05) is 19.5 Å². The number of carbonyl (C=O) groups is 2. The third-order valence-corrected chi connectivity index (χ3v) is 2.41. The molecule has 0 aliphatic carbocycles. The summed E-state index contributed by atoms with van der Waals surface area (Å²) in [6, 6.07) is 2.83. The SMILES string of the molecule is COC(=O)CCC(=O)N(C)c1cc(F)ccc1F. The first-order valence-corrected chi connectivity index (χ1v) is 5.24. The molecule has 0 spiro atoms. The summed E-state index contributed by atoms with van der Waals surface area (Å²) in [5.41, 5.74) is -0.162. The van der Waals surface area contributed by atoms with Crippen LogP contribution in [-0.4, -0.2) is 26.0 Å². The topological polar surface area (TPSA) is 46.6 Å². The summed E-state index contributed by atoms with van der Waals surface area (Å²) < 4.78 is 30.7. The van der Waals surface area contributed by atoms with E-state index in [2.05, 4.69) is 4.74 Å². The Labute approximate surface area is 103 Å². The van der Waals surface area contributed by atoms with E-state index in [-0.39, 0.29) is 18.5 Å². The molecule has 0 N–H and O–H groups in total. The lowest BCUT2D eigenvalue weighted by atomic mass is 10.2. The molecule has 1 amide bonds. The van der Waals surface area contributed by atoms with Crippen molar-refractivity contribution < 1.29 is 23.1 Å². The maximum atomic E-state index is 13.4. The highest BCUT2D eigenvalue weighted by Crippen LogP contribution is 2.20. The number of methoxy groups -OCH3 is 1. The molecular formula is C12H13F2NO3. The van der Waals surface area contributed by atoms with E-state index in [0.717, 1.165) is 23.1 Å². The molecule has 0 heterocycles. The lowest BCUT2D eigenvalue weighted by molar-refractivity contribution is -0.141. The van der Waals surface area contributed by atoms with Gasteiger partial charge in [0.15, 0.2) is 0 Å². The predicted octanol–water partition coefficient (Wildman–Crippen LogP) is 1.88. The molecule has 98 valence electrons. The van der Waals surface area contributed by atoms with Crippen molar-refractivity contribution in [1.82, 2.24) is 0 Å². The number of carbonyl (C=O) groups excluding carboxylic acids is 2. The Morgan fingerprint density at radius 1 is 1.28 bits per heavy atom. The van der Waals surface area contributed by atoms with Crippen LogP contribution in [0.25, 0.3) is 0 Å². The quantitative estimate of drug-likeness (QED) is 0.774. The zero-order valence-corrected chi connectivity index (χ0v) is 10.1. The van der Waals surface area contributed by atoms with Crippen molar-refractivity contribution in [2.45, 2.75) is 12.8 Å². The highest BCUT2D eigenvalue weighted by molar-refractivity contribution is 5.94. The Hall–Kier alpha value is -1.98. The first-order valence-electron chi connectivity index (χ1n) is 5.24. The van der Waals surface area contributed by atoms with Crippen molar-refractivity contribution in [3.63, 3.8) is 0 Å². The van der Waals surface area contributed by atoms with Crippen LogP contribution in [0, 0.1) is 11.6 Å². The molecular weight excluding hydrogens is 244 g/mol. The number of hydrogen-bond donors (Lipinski definition) is 0. The molecule has 18 heavy (non-hydrogen) atoms. The van der Waals surface area contributed by atoms with Gasteiger partial charge in [-0.25, -0.2) is 8.78 Å². The van der Waals surface area contributed by atoms with E-state index in [1.165, 1.54) is 14.2 Å². The molecule has 1 aromatic rings. The van der Waals surface area contributed by atoms with Crippen molar-refractivity contribution in [3.05, 3.63) is 29.8 Å². The maximum absolute atomic E-state index is 13.4. The molecule has 0 unspecified atom stereocenters. The molecule has 0 radical (unpaired) electrons. The predicted molar refractivity (Wildman–Crippen MR) is 61.0 cm³/mol. The number of benzene rings is 1. The zero-order chi connectivity index (χ0) is 13.7. The summed E-state index contributed by atoms with van der Waals surface area (Å²) in [7, 11) is 2.53. The van der Waals surface area contributed by atoms with E-state index in [1.807, 2.05) is 0 Å². The van der Waals surface area contributed by atoms with Crippen molar-refractivity contribution in [1.29, 1.82) is 0 Å². The average molecular weight is 257 g/mol. The van der Waals surface area contributed by atoms with Gasteiger partial charge >= 0.3 is 5.97 Å². The van der Waals surface area contributed by atoms with Crippen LogP contribution in [0.15, 0.2) is 18.2 Å². The fourth-order valence-electron chi connectivity index (χ4n) is 1.36. The van der Waals surface area contributed by atoms with Crippen molar-refractivity contribution >= 4 is 17.6 Å². The molecule has 0 aromatic heterocycles. The molecule has 1 rings (SSSR count). The summed E-state index contributed by atoms with van der Waals surface area (Å²) in [4.78, 5) is 23.5. The second-order valence-corrected chi connectivity index (χ2v) is 3.62. The minimum atomic E-state index is -0.703. The van der Waals surface area contributed by atoms with Gasteiger partial charge in [-0.15, -0.1) is 0 Å². The monoisotopic (exact) mass is 257 g/mol. The third kappa shape index (κ3) is 3.51. The normalized spacial score (nSPS) is 10.0. The molecule has 4 nitrogen and oxygen atoms in total. The molecule has 0 aliphatic rings. The summed E-state index contributed by atoms with van der Waals surface area (Å²) in [6.45, 7) is 0. The van der Waals surface area contributed by atoms with Crippen LogP contribution in [-0.2, 0) is 14.3 Å². The number of nitrogens with zero attached hydrogens (tertiary/aromatic N) is 1. The van der Waals surface area contributed by atoms with Gasteiger partial charge in [0.05, 0.1) is 19.2 Å². The Kier molecular flexibility index (Phi) is 4.76. The summed E-state index contributed by atoms with van der Waals surface area (Å²) in [5.74, 6) is -2.37. The molecule has 0 aliphatic heterocycles. The van der Waals surface area contributed by atoms with E-state index < -0.39 is 23.5 Å². The molecule has 0 atom stereocenters. The van der Waals surface area contributed by atoms with Gasteiger partial charge in [0.25, 0.3) is 0 Å². The van der Waals surface area contributed by atoms with E-state index in [9.17, 15) is 18.4 Å². The van der Waals surface area contributed by atoms with Crippen LogP contribution < -0.4 is 4.90 Å². The maximum Gasteiger partial charge on any atom is 0.306 e. The van der Waals surface area contributed by atoms with Crippen LogP contribution in [0.1, 0.15) is 12.8 Å². The number of ether oxygens (including phenoxy) is 1. The molecule has 1 aromatic carbocycles. The summed E-state index contributed by atoms with van der Waals surface area (Å²) in [6.07, 6.45) is -0.226. The largest absolute Gasteiger partial charge is 0.469 e. The van der Waals surface area contributed by atoms with Crippen LogP contribution in [0.4, 0.5) is 14.5 Å². The third-order valence-electron chi connectivity index (χ3n) is 2.41. The zero-order valence-electron chi connectivity index (χ0n) is 10.1. The summed E-state index contributed by atoms with van der Waals surface area (Å²) in [5, 5.41) is 0. The van der Waals surface area contributed by atoms with Crippen molar-refractivity contribution in [2.75, 3.05) is 19.1 Å². The Morgan fingerprint density at radius 2 is 1.94 bits per heavy atom. The highest BCUT2D eigenvalue weighted by atomic mass is 19.1. The highest BCUT2D eigenvalue weighted by Gasteiger charge is 2.16. The number of esters is 1. The Morgan fingerprint density at radius 3 is 2.56 bits per heavy atom. The number of amides is 1. The van der Waals surface area contributed by atoms with Crippen LogP contribution in [0.3, 0.4) is 0 Å². The molecule has 0 bridgehead atoms. The molecule has 0 fully saturated rings. The summed E-state index contributed by atoms with van der Waals surface area (Å²) >= 11 is 0. The first-order chi connectivity index (χ1) is 8.45. The molecule has 0 saturated carbocycles. The second kappa shape index (κ2) is 6.09. The molecule has 6 heteroatoms. The van der Waals surface area contributed by atoms with E-state index >= 15 is 0 Å². The van der Waals surface area contributed by atoms with Gasteiger partial charge in [-0.05, 0) is 12.1 Å². The smallest absolute Gasteiger partial charge is 0.306 e.